The lowest BCUT2D eigenvalue weighted by atomic mass is 10.1. The summed E-state index contributed by atoms with van der Waals surface area (Å²) in [5.74, 6) is 1.39. The van der Waals surface area contributed by atoms with Crippen molar-refractivity contribution in [3.05, 3.63) is 82.5 Å². The zero-order valence-corrected chi connectivity index (χ0v) is 22.9. The molecule has 1 saturated heterocycles. The molecule has 1 aliphatic rings. The smallest absolute Gasteiger partial charge is 0.254 e. The fourth-order valence-electron chi connectivity index (χ4n) is 4.45. The van der Waals surface area contributed by atoms with Crippen LogP contribution in [0.4, 0.5) is 0 Å². The molecule has 1 aliphatic heterocycles. The van der Waals surface area contributed by atoms with Crippen LogP contribution in [0.5, 0.6) is 0 Å². The summed E-state index contributed by atoms with van der Waals surface area (Å²) >= 11 is 4.78. The van der Waals surface area contributed by atoms with Crippen molar-refractivity contribution in [3.63, 3.8) is 0 Å². The second-order valence-electron chi connectivity index (χ2n) is 8.89. The van der Waals surface area contributed by atoms with Crippen LogP contribution in [0.3, 0.4) is 0 Å². The maximum absolute atomic E-state index is 13.2. The number of thioether (sulfide) groups is 1. The molecule has 1 fully saturated rings. The molecule has 0 aliphatic carbocycles. The van der Waals surface area contributed by atoms with E-state index in [2.05, 4.69) is 26.1 Å². The molecule has 0 radical (unpaired) electrons. The predicted octanol–water partition coefficient (Wildman–Crippen LogP) is 5.06. The van der Waals surface area contributed by atoms with E-state index in [-0.39, 0.29) is 23.6 Å². The molecular formula is C27H26BrN5O3S. The number of piperazine rings is 1. The molecule has 0 spiro atoms. The maximum Gasteiger partial charge on any atom is 0.254 e. The molecule has 2 aromatic heterocycles. The van der Waals surface area contributed by atoms with E-state index >= 15 is 0 Å². The number of halogens is 1. The number of furan rings is 1. The molecule has 2 aromatic carbocycles. The number of carbonyl (C=O) groups is 2. The van der Waals surface area contributed by atoms with Crippen molar-refractivity contribution >= 4 is 39.5 Å². The Morgan fingerprint density at radius 3 is 2.65 bits per heavy atom. The number of benzene rings is 2. The van der Waals surface area contributed by atoms with Crippen LogP contribution in [0.1, 0.15) is 22.8 Å². The molecule has 8 nitrogen and oxygen atoms in total. The molecule has 0 N–H and O–H groups in total. The van der Waals surface area contributed by atoms with E-state index in [1.807, 2.05) is 88.9 Å². The first kappa shape index (κ1) is 25.3. The fraction of sp³-hybridized carbons (Fsp3) is 0.259. The molecule has 37 heavy (non-hydrogen) atoms. The molecular weight excluding hydrogens is 554 g/mol. The third kappa shape index (κ3) is 5.35. The minimum absolute atomic E-state index is 0.00490. The number of rotatable bonds is 6. The van der Waals surface area contributed by atoms with Gasteiger partial charge in [-0.15, -0.1) is 10.2 Å². The summed E-state index contributed by atoms with van der Waals surface area (Å²) in [4.78, 5) is 29.9. The zero-order valence-electron chi connectivity index (χ0n) is 20.5. The van der Waals surface area contributed by atoms with Crippen LogP contribution < -0.4 is 0 Å². The Balaban J connectivity index is 1.28. The van der Waals surface area contributed by atoms with E-state index in [1.165, 1.54) is 11.8 Å². The molecule has 0 saturated carbocycles. The number of aryl methyl sites for hydroxylation is 1. The second kappa shape index (κ2) is 10.9. The van der Waals surface area contributed by atoms with E-state index in [9.17, 15) is 9.59 Å². The normalized spacial score (nSPS) is 15.7. The SMILES string of the molecule is Cc1ccccc1-n1c(SCC(=O)N2CCN(C(=O)c3cccc(Br)c3)C(C)C2)nnc1-c1ccco1. The van der Waals surface area contributed by atoms with E-state index in [0.29, 0.717) is 41.9 Å². The van der Waals surface area contributed by atoms with Gasteiger partial charge < -0.3 is 14.2 Å². The summed E-state index contributed by atoms with van der Waals surface area (Å²) < 4.78 is 8.39. The molecule has 5 rings (SSSR count). The van der Waals surface area contributed by atoms with Gasteiger partial charge in [-0.05, 0) is 55.8 Å². The highest BCUT2D eigenvalue weighted by Gasteiger charge is 2.31. The molecule has 3 heterocycles. The summed E-state index contributed by atoms with van der Waals surface area (Å²) in [6.07, 6.45) is 1.60. The van der Waals surface area contributed by atoms with Crippen LogP contribution in [0, 0.1) is 6.92 Å². The Morgan fingerprint density at radius 2 is 1.92 bits per heavy atom. The molecule has 1 atom stereocenters. The van der Waals surface area contributed by atoms with Crippen LogP contribution in [0.25, 0.3) is 17.3 Å². The number of carbonyl (C=O) groups excluding carboxylic acids is 2. The van der Waals surface area contributed by atoms with Crippen LogP contribution in [0.2, 0.25) is 0 Å². The van der Waals surface area contributed by atoms with Crippen molar-refractivity contribution in [1.82, 2.24) is 24.6 Å². The van der Waals surface area contributed by atoms with Gasteiger partial charge in [-0.1, -0.05) is 52.0 Å². The van der Waals surface area contributed by atoms with Gasteiger partial charge in [-0.2, -0.15) is 0 Å². The van der Waals surface area contributed by atoms with Gasteiger partial charge in [0.05, 0.1) is 17.7 Å². The number of para-hydroxylation sites is 1. The van der Waals surface area contributed by atoms with Gasteiger partial charge in [0.2, 0.25) is 11.7 Å². The second-order valence-corrected chi connectivity index (χ2v) is 10.7. The van der Waals surface area contributed by atoms with Gasteiger partial charge in [-0.3, -0.25) is 14.2 Å². The van der Waals surface area contributed by atoms with Crippen molar-refractivity contribution in [2.24, 2.45) is 0 Å². The first-order chi connectivity index (χ1) is 17.9. The molecule has 10 heteroatoms. The van der Waals surface area contributed by atoms with Crippen molar-refractivity contribution in [2.45, 2.75) is 25.0 Å². The van der Waals surface area contributed by atoms with Crippen molar-refractivity contribution < 1.29 is 14.0 Å². The van der Waals surface area contributed by atoms with E-state index < -0.39 is 0 Å². The predicted molar refractivity (Wildman–Crippen MR) is 146 cm³/mol. The largest absolute Gasteiger partial charge is 0.461 e. The first-order valence-electron chi connectivity index (χ1n) is 11.9. The summed E-state index contributed by atoms with van der Waals surface area (Å²) in [5.41, 5.74) is 2.63. The number of hydrogen-bond donors (Lipinski definition) is 0. The average Bonchev–Trinajstić information content (AvgIpc) is 3.57. The molecule has 1 unspecified atom stereocenters. The highest BCUT2D eigenvalue weighted by atomic mass is 79.9. The fourth-order valence-corrected chi connectivity index (χ4v) is 5.70. The van der Waals surface area contributed by atoms with Gasteiger partial charge in [-0.25, -0.2) is 0 Å². The third-order valence-electron chi connectivity index (χ3n) is 6.37. The van der Waals surface area contributed by atoms with Crippen LogP contribution in [-0.4, -0.2) is 67.8 Å². The highest BCUT2D eigenvalue weighted by molar-refractivity contribution is 9.10. The zero-order chi connectivity index (χ0) is 25.9. The summed E-state index contributed by atoms with van der Waals surface area (Å²) in [6, 6.07) is 18.9. The quantitative estimate of drug-likeness (QED) is 0.297. The number of nitrogens with zero attached hydrogens (tertiary/aromatic N) is 5. The van der Waals surface area contributed by atoms with Gasteiger partial charge in [0.25, 0.3) is 5.91 Å². The maximum atomic E-state index is 13.2. The Bertz CT molecular complexity index is 1420. The average molecular weight is 581 g/mol. The number of amides is 2. The van der Waals surface area contributed by atoms with Crippen molar-refractivity contribution in [1.29, 1.82) is 0 Å². The molecule has 4 aromatic rings. The van der Waals surface area contributed by atoms with E-state index in [0.717, 1.165) is 15.7 Å². The lowest BCUT2D eigenvalue weighted by Crippen LogP contribution is -2.55. The first-order valence-corrected chi connectivity index (χ1v) is 13.7. The lowest BCUT2D eigenvalue weighted by molar-refractivity contribution is -0.130. The minimum atomic E-state index is -0.0876. The lowest BCUT2D eigenvalue weighted by Gasteiger charge is -2.40. The monoisotopic (exact) mass is 579 g/mol. The number of aromatic nitrogens is 3. The molecule has 190 valence electrons. The Labute approximate surface area is 227 Å². The van der Waals surface area contributed by atoms with Gasteiger partial charge in [0.15, 0.2) is 10.9 Å². The summed E-state index contributed by atoms with van der Waals surface area (Å²) in [7, 11) is 0. The molecule has 0 bridgehead atoms. The highest BCUT2D eigenvalue weighted by Crippen LogP contribution is 2.30. The van der Waals surface area contributed by atoms with Crippen molar-refractivity contribution in [2.75, 3.05) is 25.4 Å². The summed E-state index contributed by atoms with van der Waals surface area (Å²) in [6.45, 7) is 5.47. The topological polar surface area (TPSA) is 84.5 Å². The van der Waals surface area contributed by atoms with Gasteiger partial charge >= 0.3 is 0 Å². The van der Waals surface area contributed by atoms with Crippen molar-refractivity contribution in [3.8, 4) is 17.3 Å². The molecule has 2 amide bonds. The third-order valence-corrected chi connectivity index (χ3v) is 7.78. The number of hydrogen-bond acceptors (Lipinski definition) is 6. The van der Waals surface area contributed by atoms with Gasteiger partial charge in [0.1, 0.15) is 0 Å². The van der Waals surface area contributed by atoms with Crippen LogP contribution >= 0.6 is 27.7 Å². The Kier molecular flexibility index (Phi) is 7.48. The van der Waals surface area contributed by atoms with E-state index in [1.54, 1.807) is 6.26 Å². The Morgan fingerprint density at radius 1 is 1.08 bits per heavy atom. The Hall–Kier alpha value is -3.37. The van der Waals surface area contributed by atoms with Gasteiger partial charge in [0, 0.05) is 35.7 Å². The van der Waals surface area contributed by atoms with Crippen LogP contribution in [-0.2, 0) is 4.79 Å². The standard InChI is InChI=1S/C27H26BrN5O3S/c1-18-7-3-4-10-22(18)33-25(23-11-6-14-36-23)29-30-27(33)37-17-24(34)31-12-13-32(19(2)16-31)26(35)20-8-5-9-21(28)15-20/h3-11,14-15,19H,12-13,16-17H2,1-2H3. The van der Waals surface area contributed by atoms with E-state index in [4.69, 9.17) is 4.42 Å². The van der Waals surface area contributed by atoms with Crippen LogP contribution in [0.15, 0.2) is 81.0 Å². The summed E-state index contributed by atoms with van der Waals surface area (Å²) in [5, 5.41) is 9.37. The minimum Gasteiger partial charge on any atom is -0.461 e.